The minimum Gasteiger partial charge on any atom is -0.311 e. The van der Waals surface area contributed by atoms with Crippen molar-refractivity contribution in [2.45, 2.75) is 52.6 Å². The molecule has 0 spiro atoms. The first-order valence-corrected chi connectivity index (χ1v) is 8.33. The molecule has 6 heteroatoms. The van der Waals surface area contributed by atoms with E-state index >= 15 is 0 Å². The Morgan fingerprint density at radius 1 is 1.22 bits per heavy atom. The van der Waals surface area contributed by atoms with Crippen molar-refractivity contribution in [3.63, 3.8) is 0 Å². The first-order chi connectivity index (χ1) is 8.43. The molecule has 108 valence electrons. The topological polar surface area (TPSA) is 52.7 Å². The van der Waals surface area contributed by atoms with E-state index in [1.165, 1.54) is 0 Å². The molecule has 1 rings (SSSR count). The largest absolute Gasteiger partial charge is 0.311 e. The number of hydrogen-bond acceptors (Lipinski definition) is 3. The first kappa shape index (κ1) is 15.9. The molecule has 1 aliphatic heterocycles. The molecule has 1 aliphatic rings. The van der Waals surface area contributed by atoms with Crippen LogP contribution in [0, 0.1) is 0 Å². The van der Waals surface area contributed by atoms with Crippen molar-refractivity contribution in [2.24, 2.45) is 0 Å². The molecule has 0 aromatic heterocycles. The van der Waals surface area contributed by atoms with Crippen molar-refractivity contribution in [3.8, 4) is 0 Å². The Kier molecular flexibility index (Phi) is 6.04. The van der Waals surface area contributed by atoms with E-state index < -0.39 is 10.2 Å². The summed E-state index contributed by atoms with van der Waals surface area (Å²) in [7, 11) is -3.30. The smallest absolute Gasteiger partial charge is 0.282 e. The van der Waals surface area contributed by atoms with Gasteiger partial charge in [0.25, 0.3) is 10.2 Å². The number of rotatable bonds is 6. The predicted molar refractivity (Wildman–Crippen MR) is 74.7 cm³/mol. The maximum absolute atomic E-state index is 12.6. The van der Waals surface area contributed by atoms with Crippen molar-refractivity contribution in [1.82, 2.24) is 13.9 Å². The lowest BCUT2D eigenvalue weighted by Gasteiger charge is -2.39. The molecule has 0 saturated carbocycles. The van der Waals surface area contributed by atoms with Gasteiger partial charge in [-0.05, 0) is 26.7 Å². The normalized spacial score (nSPS) is 26.7. The lowest BCUT2D eigenvalue weighted by molar-refractivity contribution is 0.225. The van der Waals surface area contributed by atoms with Crippen LogP contribution < -0.4 is 5.32 Å². The van der Waals surface area contributed by atoms with Gasteiger partial charge in [-0.15, -0.1) is 0 Å². The monoisotopic (exact) mass is 277 g/mol. The lowest BCUT2D eigenvalue weighted by atomic mass is 10.2. The van der Waals surface area contributed by atoms with Crippen LogP contribution in [-0.4, -0.2) is 55.3 Å². The summed E-state index contributed by atoms with van der Waals surface area (Å²) in [6.45, 7) is 10.5. The Hall–Kier alpha value is -0.170. The molecule has 2 atom stereocenters. The fourth-order valence-electron chi connectivity index (χ4n) is 2.30. The van der Waals surface area contributed by atoms with E-state index in [0.717, 1.165) is 19.4 Å². The molecule has 1 N–H and O–H groups in total. The lowest BCUT2D eigenvalue weighted by Crippen LogP contribution is -2.59. The number of hydrogen-bond donors (Lipinski definition) is 1. The van der Waals surface area contributed by atoms with Crippen molar-refractivity contribution in [1.29, 1.82) is 0 Å². The maximum atomic E-state index is 12.6. The summed E-state index contributed by atoms with van der Waals surface area (Å²) in [5.41, 5.74) is 0. The minimum atomic E-state index is -3.30. The van der Waals surface area contributed by atoms with Crippen molar-refractivity contribution in [2.75, 3.05) is 26.2 Å². The van der Waals surface area contributed by atoms with Crippen LogP contribution in [0.4, 0.5) is 0 Å². The molecule has 0 aliphatic carbocycles. The Balaban J connectivity index is 2.87. The Morgan fingerprint density at radius 3 is 2.28 bits per heavy atom. The van der Waals surface area contributed by atoms with Crippen LogP contribution in [-0.2, 0) is 10.2 Å². The van der Waals surface area contributed by atoms with E-state index in [2.05, 4.69) is 5.32 Å². The van der Waals surface area contributed by atoms with Crippen LogP contribution in [0.15, 0.2) is 0 Å². The summed E-state index contributed by atoms with van der Waals surface area (Å²) in [5, 5.41) is 3.31. The van der Waals surface area contributed by atoms with E-state index in [9.17, 15) is 8.42 Å². The highest BCUT2D eigenvalue weighted by atomic mass is 32.2. The highest BCUT2D eigenvalue weighted by Gasteiger charge is 2.35. The fourth-order valence-corrected chi connectivity index (χ4v) is 4.36. The summed E-state index contributed by atoms with van der Waals surface area (Å²) in [5.74, 6) is 0. The summed E-state index contributed by atoms with van der Waals surface area (Å²) >= 11 is 0. The van der Waals surface area contributed by atoms with Gasteiger partial charge < -0.3 is 5.32 Å². The van der Waals surface area contributed by atoms with Crippen LogP contribution in [0.25, 0.3) is 0 Å². The van der Waals surface area contributed by atoms with Crippen LogP contribution in [0.5, 0.6) is 0 Å². The molecule has 0 aromatic carbocycles. The Bertz CT molecular complexity index is 339. The van der Waals surface area contributed by atoms with Gasteiger partial charge in [0.1, 0.15) is 0 Å². The van der Waals surface area contributed by atoms with E-state index in [1.54, 1.807) is 8.61 Å². The van der Waals surface area contributed by atoms with E-state index in [0.29, 0.717) is 19.6 Å². The predicted octanol–water partition coefficient (Wildman–Crippen LogP) is 1.04. The molecule has 18 heavy (non-hydrogen) atoms. The van der Waals surface area contributed by atoms with Gasteiger partial charge in [0.2, 0.25) is 0 Å². The van der Waals surface area contributed by atoms with Crippen LogP contribution >= 0.6 is 0 Å². The molecule has 1 saturated heterocycles. The average Bonchev–Trinajstić information content (AvgIpc) is 2.32. The van der Waals surface area contributed by atoms with Crippen LogP contribution in [0.3, 0.4) is 0 Å². The van der Waals surface area contributed by atoms with Crippen molar-refractivity contribution in [3.05, 3.63) is 0 Å². The summed E-state index contributed by atoms with van der Waals surface area (Å²) in [6, 6.07) is 0.253. The molecule has 5 nitrogen and oxygen atoms in total. The highest BCUT2D eigenvalue weighted by molar-refractivity contribution is 7.86. The molecular formula is C12H27N3O2S. The fraction of sp³-hybridized carbons (Fsp3) is 1.00. The van der Waals surface area contributed by atoms with Crippen LogP contribution in [0.1, 0.15) is 40.5 Å². The number of nitrogens with one attached hydrogen (secondary N) is 1. The third kappa shape index (κ3) is 3.66. The standard InChI is InChI=1S/C12H27N3O2S/c1-5-7-14(8-6-2)18(16,17)15-10-11(3)13-9-12(15)4/h11-13H,5-10H2,1-4H3. The zero-order valence-electron chi connectivity index (χ0n) is 12.0. The van der Waals surface area contributed by atoms with Crippen LogP contribution in [0.2, 0.25) is 0 Å². The Labute approximate surface area is 112 Å². The second-order valence-corrected chi connectivity index (χ2v) is 7.02. The second-order valence-electron chi connectivity index (χ2n) is 5.13. The maximum Gasteiger partial charge on any atom is 0.282 e. The van der Waals surface area contributed by atoms with Gasteiger partial charge in [0.15, 0.2) is 0 Å². The number of nitrogens with zero attached hydrogens (tertiary/aromatic N) is 2. The molecule has 1 heterocycles. The molecule has 0 amide bonds. The van der Waals surface area contributed by atoms with Gasteiger partial charge in [0, 0.05) is 38.3 Å². The summed E-state index contributed by atoms with van der Waals surface area (Å²) < 4.78 is 28.6. The van der Waals surface area contributed by atoms with E-state index in [4.69, 9.17) is 0 Å². The van der Waals surface area contributed by atoms with E-state index in [1.807, 2.05) is 27.7 Å². The number of piperazine rings is 1. The molecule has 0 radical (unpaired) electrons. The average molecular weight is 277 g/mol. The van der Waals surface area contributed by atoms with Gasteiger partial charge in [0.05, 0.1) is 0 Å². The zero-order chi connectivity index (χ0) is 13.8. The van der Waals surface area contributed by atoms with Gasteiger partial charge >= 0.3 is 0 Å². The minimum absolute atomic E-state index is 0.0300. The van der Waals surface area contributed by atoms with E-state index in [-0.39, 0.29) is 12.1 Å². The molecule has 2 unspecified atom stereocenters. The molecule has 0 aromatic rings. The summed E-state index contributed by atoms with van der Waals surface area (Å²) in [4.78, 5) is 0. The molecule has 1 fully saturated rings. The molecule has 0 bridgehead atoms. The van der Waals surface area contributed by atoms with Gasteiger partial charge in [-0.1, -0.05) is 13.8 Å². The quantitative estimate of drug-likeness (QED) is 0.789. The van der Waals surface area contributed by atoms with Crippen molar-refractivity contribution < 1.29 is 8.42 Å². The zero-order valence-corrected chi connectivity index (χ0v) is 12.8. The molecular weight excluding hydrogens is 250 g/mol. The third-order valence-corrected chi connectivity index (χ3v) is 5.40. The summed E-state index contributed by atoms with van der Waals surface area (Å²) in [6.07, 6.45) is 1.71. The second kappa shape index (κ2) is 6.84. The highest BCUT2D eigenvalue weighted by Crippen LogP contribution is 2.17. The van der Waals surface area contributed by atoms with Gasteiger partial charge in [-0.3, -0.25) is 0 Å². The first-order valence-electron chi connectivity index (χ1n) is 6.93. The SMILES string of the molecule is CCCN(CCC)S(=O)(=O)N1CC(C)NCC1C. The van der Waals surface area contributed by atoms with Gasteiger partial charge in [-0.2, -0.15) is 17.0 Å². The third-order valence-electron chi connectivity index (χ3n) is 3.28. The van der Waals surface area contributed by atoms with Gasteiger partial charge in [-0.25, -0.2) is 0 Å². The Morgan fingerprint density at radius 2 is 1.78 bits per heavy atom. The van der Waals surface area contributed by atoms with Crippen molar-refractivity contribution >= 4 is 10.2 Å².